The van der Waals surface area contributed by atoms with E-state index >= 15 is 0 Å². The number of benzene rings is 2. The van der Waals surface area contributed by atoms with Crippen molar-refractivity contribution in [3.63, 3.8) is 0 Å². The number of hydrogen-bond donors (Lipinski definition) is 1. The highest BCUT2D eigenvalue weighted by atomic mass is 32.2. The summed E-state index contributed by atoms with van der Waals surface area (Å²) < 4.78 is 1.70. The maximum absolute atomic E-state index is 12.7. The van der Waals surface area contributed by atoms with Crippen molar-refractivity contribution in [2.45, 2.75) is 17.4 Å². The number of amides is 1. The van der Waals surface area contributed by atoms with Crippen LogP contribution in [-0.2, 0) is 4.79 Å². The van der Waals surface area contributed by atoms with E-state index < -0.39 is 6.04 Å². The SMILES string of the molecule is O=C(NCCCSc1ccccc1)C(c1ccccc1)n1cccn1. The van der Waals surface area contributed by atoms with Crippen molar-refractivity contribution in [1.29, 1.82) is 0 Å². The predicted molar refractivity (Wildman–Crippen MR) is 102 cm³/mol. The normalized spacial score (nSPS) is 11.8. The Balaban J connectivity index is 1.53. The van der Waals surface area contributed by atoms with Gasteiger partial charge in [0.05, 0.1) is 0 Å². The number of nitrogens with one attached hydrogen (secondary N) is 1. The summed E-state index contributed by atoms with van der Waals surface area (Å²) >= 11 is 1.81. The predicted octanol–water partition coefficient (Wildman–Crippen LogP) is 3.77. The topological polar surface area (TPSA) is 46.9 Å². The van der Waals surface area contributed by atoms with E-state index in [4.69, 9.17) is 0 Å². The van der Waals surface area contributed by atoms with Crippen LogP contribution in [0.1, 0.15) is 18.0 Å². The van der Waals surface area contributed by atoms with Crippen molar-refractivity contribution in [2.24, 2.45) is 0 Å². The molecule has 1 aromatic heterocycles. The first-order valence-electron chi connectivity index (χ1n) is 8.34. The summed E-state index contributed by atoms with van der Waals surface area (Å²) in [6, 6.07) is 21.4. The molecule has 0 bridgehead atoms. The number of carbonyl (C=O) groups is 1. The monoisotopic (exact) mass is 351 g/mol. The van der Waals surface area contributed by atoms with Crippen molar-refractivity contribution >= 4 is 17.7 Å². The van der Waals surface area contributed by atoms with Crippen LogP contribution in [-0.4, -0.2) is 28.0 Å². The smallest absolute Gasteiger partial charge is 0.249 e. The molecule has 3 rings (SSSR count). The molecule has 25 heavy (non-hydrogen) atoms. The first-order valence-corrected chi connectivity index (χ1v) is 9.33. The third-order valence-corrected chi connectivity index (χ3v) is 4.88. The fourth-order valence-electron chi connectivity index (χ4n) is 2.58. The van der Waals surface area contributed by atoms with E-state index in [1.54, 1.807) is 22.6 Å². The van der Waals surface area contributed by atoms with Crippen LogP contribution < -0.4 is 5.32 Å². The molecule has 0 fully saturated rings. The number of hydrogen-bond acceptors (Lipinski definition) is 3. The van der Waals surface area contributed by atoms with Crippen LogP contribution in [0.3, 0.4) is 0 Å². The van der Waals surface area contributed by atoms with Gasteiger partial charge in [0.25, 0.3) is 0 Å². The van der Waals surface area contributed by atoms with Crippen molar-refractivity contribution in [3.05, 3.63) is 84.7 Å². The number of thioether (sulfide) groups is 1. The Labute approximate surface area is 152 Å². The van der Waals surface area contributed by atoms with Gasteiger partial charge >= 0.3 is 0 Å². The highest BCUT2D eigenvalue weighted by Crippen LogP contribution is 2.19. The summed E-state index contributed by atoms with van der Waals surface area (Å²) in [5, 5.41) is 7.29. The number of carbonyl (C=O) groups excluding carboxylic acids is 1. The molecule has 0 saturated heterocycles. The lowest BCUT2D eigenvalue weighted by Crippen LogP contribution is -2.34. The van der Waals surface area contributed by atoms with Gasteiger partial charge < -0.3 is 5.32 Å². The summed E-state index contributed by atoms with van der Waals surface area (Å²) in [4.78, 5) is 14.0. The Morgan fingerprint density at radius 2 is 1.76 bits per heavy atom. The van der Waals surface area contributed by atoms with Crippen LogP contribution in [0.4, 0.5) is 0 Å². The second-order valence-electron chi connectivity index (χ2n) is 5.61. The fourth-order valence-corrected chi connectivity index (χ4v) is 3.45. The van der Waals surface area contributed by atoms with E-state index in [-0.39, 0.29) is 5.91 Å². The van der Waals surface area contributed by atoms with Crippen molar-refractivity contribution < 1.29 is 4.79 Å². The number of aromatic nitrogens is 2. The van der Waals surface area contributed by atoms with Crippen molar-refractivity contribution in [2.75, 3.05) is 12.3 Å². The Hall–Kier alpha value is -2.53. The second-order valence-corrected chi connectivity index (χ2v) is 6.77. The highest BCUT2D eigenvalue weighted by molar-refractivity contribution is 7.99. The van der Waals surface area contributed by atoms with E-state index in [1.165, 1.54) is 4.90 Å². The molecule has 0 radical (unpaired) electrons. The molecule has 4 nitrogen and oxygen atoms in total. The molecule has 1 amide bonds. The van der Waals surface area contributed by atoms with Crippen LogP contribution in [0.5, 0.6) is 0 Å². The average molecular weight is 351 g/mol. The molecule has 0 aliphatic carbocycles. The van der Waals surface area contributed by atoms with Gasteiger partial charge in [-0.05, 0) is 35.9 Å². The molecule has 1 heterocycles. The van der Waals surface area contributed by atoms with Gasteiger partial charge in [-0.3, -0.25) is 9.48 Å². The summed E-state index contributed by atoms with van der Waals surface area (Å²) in [6.07, 6.45) is 4.44. The largest absolute Gasteiger partial charge is 0.354 e. The van der Waals surface area contributed by atoms with Crippen LogP contribution in [0.15, 0.2) is 84.0 Å². The lowest BCUT2D eigenvalue weighted by atomic mass is 10.1. The third-order valence-electron chi connectivity index (χ3n) is 3.79. The summed E-state index contributed by atoms with van der Waals surface area (Å²) in [5.41, 5.74) is 0.933. The molecule has 1 N–H and O–H groups in total. The second kappa shape index (κ2) is 9.08. The zero-order valence-corrected chi connectivity index (χ0v) is 14.7. The minimum Gasteiger partial charge on any atom is -0.354 e. The van der Waals surface area contributed by atoms with Crippen LogP contribution in [0.2, 0.25) is 0 Å². The molecule has 0 aliphatic rings. The van der Waals surface area contributed by atoms with Gasteiger partial charge in [-0.25, -0.2) is 0 Å². The third kappa shape index (κ3) is 4.97. The minimum atomic E-state index is -0.432. The van der Waals surface area contributed by atoms with Gasteiger partial charge in [0.1, 0.15) is 0 Å². The lowest BCUT2D eigenvalue weighted by molar-refractivity contribution is -0.123. The molecule has 1 unspecified atom stereocenters. The van der Waals surface area contributed by atoms with Gasteiger partial charge in [0, 0.05) is 23.8 Å². The number of nitrogens with zero attached hydrogens (tertiary/aromatic N) is 2. The molecule has 3 aromatic rings. The molecule has 1 atom stereocenters. The summed E-state index contributed by atoms with van der Waals surface area (Å²) in [6.45, 7) is 0.656. The molecule has 5 heteroatoms. The summed E-state index contributed by atoms with van der Waals surface area (Å²) in [5.74, 6) is 0.946. The summed E-state index contributed by atoms with van der Waals surface area (Å²) in [7, 11) is 0. The van der Waals surface area contributed by atoms with Gasteiger partial charge in [0.15, 0.2) is 6.04 Å². The first-order chi connectivity index (χ1) is 12.3. The fraction of sp³-hybridized carbons (Fsp3) is 0.200. The molecule has 128 valence electrons. The van der Waals surface area contributed by atoms with Crippen LogP contribution in [0, 0.1) is 0 Å². The standard InChI is InChI=1S/C20H21N3OS/c24-20(21-13-8-16-25-18-11-5-2-6-12-18)19(23-15-7-14-22-23)17-9-3-1-4-10-17/h1-7,9-12,14-15,19H,8,13,16H2,(H,21,24). The zero-order valence-electron chi connectivity index (χ0n) is 13.9. The van der Waals surface area contributed by atoms with E-state index in [2.05, 4.69) is 22.5 Å². The maximum Gasteiger partial charge on any atom is 0.249 e. The Kier molecular flexibility index (Phi) is 6.29. The molecular formula is C20H21N3OS. The Morgan fingerprint density at radius 3 is 2.44 bits per heavy atom. The average Bonchev–Trinajstić information content (AvgIpc) is 3.17. The quantitative estimate of drug-likeness (QED) is 0.496. The molecule has 0 spiro atoms. The molecular weight excluding hydrogens is 330 g/mol. The minimum absolute atomic E-state index is 0.0281. The van der Waals surface area contributed by atoms with E-state index in [1.807, 2.05) is 60.8 Å². The van der Waals surface area contributed by atoms with Crippen molar-refractivity contribution in [1.82, 2.24) is 15.1 Å². The maximum atomic E-state index is 12.7. The van der Waals surface area contributed by atoms with E-state index in [0.717, 1.165) is 17.7 Å². The van der Waals surface area contributed by atoms with Crippen LogP contribution >= 0.6 is 11.8 Å². The van der Waals surface area contributed by atoms with Gasteiger partial charge in [-0.15, -0.1) is 11.8 Å². The van der Waals surface area contributed by atoms with Gasteiger partial charge in [-0.2, -0.15) is 5.10 Å². The molecule has 2 aromatic carbocycles. The molecule has 0 aliphatic heterocycles. The first kappa shape index (κ1) is 17.3. The van der Waals surface area contributed by atoms with Gasteiger partial charge in [-0.1, -0.05) is 48.5 Å². The molecule has 0 saturated carbocycles. The van der Waals surface area contributed by atoms with Crippen molar-refractivity contribution in [3.8, 4) is 0 Å². The van der Waals surface area contributed by atoms with E-state index in [0.29, 0.717) is 6.54 Å². The van der Waals surface area contributed by atoms with E-state index in [9.17, 15) is 4.79 Å². The highest BCUT2D eigenvalue weighted by Gasteiger charge is 2.22. The Bertz CT molecular complexity index is 760. The number of rotatable bonds is 8. The zero-order chi connectivity index (χ0) is 17.3. The Morgan fingerprint density at radius 1 is 1.04 bits per heavy atom. The van der Waals surface area contributed by atoms with Crippen LogP contribution in [0.25, 0.3) is 0 Å². The van der Waals surface area contributed by atoms with Gasteiger partial charge in [0.2, 0.25) is 5.91 Å². The lowest BCUT2D eigenvalue weighted by Gasteiger charge is -2.17.